The Hall–Kier alpha value is -6.82. The average molecular weight is 1480 g/mol. The number of nitrogens with one attached hydrogen (secondary N) is 4. The van der Waals surface area contributed by atoms with Gasteiger partial charge in [-0.2, -0.15) is 0 Å². The van der Waals surface area contributed by atoms with Gasteiger partial charge in [0.15, 0.2) is 41.9 Å². The van der Waals surface area contributed by atoms with Crippen LogP contribution in [-0.4, -0.2) is 254 Å². The Bertz CT molecular complexity index is 3420. The largest absolute Gasteiger partial charge is 0.510 e. The molecule has 0 radical (unpaired) electrons. The quantitative estimate of drug-likeness (QED) is 0.0323. The van der Waals surface area contributed by atoms with Crippen molar-refractivity contribution in [3.63, 3.8) is 0 Å². The summed E-state index contributed by atoms with van der Waals surface area (Å²) in [4.78, 5) is 112. The number of esters is 2. The molecular weight excluding hydrogens is 1360 g/mol. The van der Waals surface area contributed by atoms with Crippen LogP contribution in [0.5, 0.6) is 5.75 Å². The second-order valence-electron chi connectivity index (χ2n) is 31.5. The summed E-state index contributed by atoms with van der Waals surface area (Å²) < 4.78 is 56.9. The van der Waals surface area contributed by atoms with E-state index in [-0.39, 0.29) is 56.4 Å². The van der Waals surface area contributed by atoms with Gasteiger partial charge in [-0.15, -0.1) is 0 Å². The van der Waals surface area contributed by atoms with E-state index in [0.717, 1.165) is 0 Å². The summed E-state index contributed by atoms with van der Waals surface area (Å²) in [6.45, 7) is 23.9. The van der Waals surface area contributed by atoms with Crippen molar-refractivity contribution in [2.45, 2.75) is 262 Å². The van der Waals surface area contributed by atoms with E-state index in [1.54, 1.807) is 62.3 Å². The van der Waals surface area contributed by atoms with Crippen LogP contribution in [0, 0.1) is 35.5 Å². The maximum absolute atomic E-state index is 14.9. The van der Waals surface area contributed by atoms with E-state index < -0.39 is 230 Å². The molecule has 3 aliphatic heterocycles. The van der Waals surface area contributed by atoms with Crippen molar-refractivity contribution in [3.05, 3.63) is 45.9 Å². The number of likely N-dealkylation sites (N-methyl/N-ethyl adjacent to an activating group) is 2. The number of amides is 5. The summed E-state index contributed by atoms with van der Waals surface area (Å²) >= 11 is 0. The van der Waals surface area contributed by atoms with Gasteiger partial charge in [0.25, 0.3) is 5.91 Å². The van der Waals surface area contributed by atoms with Crippen LogP contribution in [-0.2, 0) is 67.4 Å². The number of alkyl carbamates (subject to hydrolysis) is 2. The second-order valence-corrected chi connectivity index (χ2v) is 31.5. The molecule has 0 saturated carbocycles. The molecule has 0 aromatic heterocycles. The van der Waals surface area contributed by atoms with Crippen molar-refractivity contribution in [3.8, 4) is 5.75 Å². The van der Waals surface area contributed by atoms with Crippen molar-refractivity contribution in [2.24, 2.45) is 41.2 Å². The number of unbranched alkanes of at least 4 members (excludes halogenated alkanes) is 1. The molecule has 104 heavy (non-hydrogen) atoms. The zero-order chi connectivity index (χ0) is 78.3. The minimum absolute atomic E-state index is 0.0228. The number of ether oxygens (including phenoxy) is 9. The minimum Gasteiger partial charge on any atom is -0.510 e. The van der Waals surface area contributed by atoms with Crippen LogP contribution in [0.3, 0.4) is 0 Å². The highest BCUT2D eigenvalue weighted by molar-refractivity contribution is 6.25. The number of methoxy groups -OCH3 is 1. The number of primary amides is 1. The molecule has 1 aromatic rings. The maximum Gasteiger partial charge on any atom is 0.407 e. The molecule has 32 heteroatoms. The Labute approximate surface area is 607 Å². The van der Waals surface area contributed by atoms with Crippen molar-refractivity contribution < 1.29 is 122 Å². The molecule has 1 aromatic carbocycles. The highest BCUT2D eigenvalue weighted by Crippen LogP contribution is 2.57. The highest BCUT2D eigenvalue weighted by Gasteiger charge is 2.66. The van der Waals surface area contributed by atoms with Gasteiger partial charge in [0.1, 0.15) is 40.0 Å². The lowest BCUT2D eigenvalue weighted by Gasteiger charge is -2.52. The van der Waals surface area contributed by atoms with E-state index in [9.17, 15) is 79.2 Å². The van der Waals surface area contributed by atoms with E-state index >= 15 is 0 Å². The first-order chi connectivity index (χ1) is 48.0. The molecule has 3 heterocycles. The lowest BCUT2D eigenvalue weighted by molar-refractivity contribution is -0.318. The number of cyclic esters (lactones) is 1. The topological polar surface area (TPSA) is 462 Å². The normalized spacial score (nSPS) is 38.0. The van der Waals surface area contributed by atoms with Crippen LogP contribution < -0.4 is 27.0 Å². The van der Waals surface area contributed by atoms with Crippen LogP contribution in [0.15, 0.2) is 34.8 Å². The molecule has 32 nitrogen and oxygen atoms in total. The number of aromatic hydroxyl groups is 1. The molecule has 24 atom stereocenters. The highest BCUT2D eigenvalue weighted by atomic mass is 16.7. The number of Topliss-reactive ketones (excluding diaryl/α,β-unsaturated/α-hetero) is 2. The first-order valence-electron chi connectivity index (χ1n) is 35.6. The Kier molecular flexibility index (Phi) is 26.2. The molecule has 3 aliphatic carbocycles. The number of hydrogen-bond acceptors (Lipinski definition) is 27. The summed E-state index contributed by atoms with van der Waals surface area (Å²) in [5, 5.41) is 107. The first kappa shape index (κ1) is 84.4. The fourth-order valence-electron chi connectivity index (χ4n) is 16.5. The van der Waals surface area contributed by atoms with Crippen molar-refractivity contribution in [1.29, 1.82) is 0 Å². The average Bonchev–Trinajstić information content (AvgIpc) is 0.687. The number of aliphatic hydroxyl groups is 7. The van der Waals surface area contributed by atoms with Crippen molar-refractivity contribution in [1.82, 2.24) is 25.8 Å². The van der Waals surface area contributed by atoms with Gasteiger partial charge in [-0.3, -0.25) is 28.9 Å². The number of nitrogens with zero attached hydrogens (tertiary/aromatic N) is 2. The van der Waals surface area contributed by atoms with Gasteiger partial charge >= 0.3 is 30.2 Å². The molecule has 5 amide bonds. The van der Waals surface area contributed by atoms with Crippen LogP contribution >= 0.6 is 0 Å². The number of carbonyl (C=O) groups is 8. The third-order valence-corrected chi connectivity index (χ3v) is 21.8. The fraction of sp³-hybridized carbons (Fsp3) is 0.750. The summed E-state index contributed by atoms with van der Waals surface area (Å²) in [6.07, 6.45) is -13.2. The lowest BCUT2D eigenvalue weighted by Crippen LogP contribution is -2.65. The summed E-state index contributed by atoms with van der Waals surface area (Å²) in [7, 11) is 8.00. The Morgan fingerprint density at radius 1 is 0.788 bits per heavy atom. The standard InChI is InChI=1S/C72H113N7O25/c1-21-44-71(15,94)56(84)34(4)49(77-66(91)104-67(9,10)11)32(2)30-68(12,92)59(102-63-55(99-38(8)80)43(78(16)17)28-33(3)97-63)35(5)54(36(6)62(88)100-44)101-45-31-69(13,96-20)60(37(7)98-45)103-65(90)75-27-23-22-26-74-64(89)76-42-25-24-39-46(51(42)81)52(82)47-40(70(39,14)93)29-41-50(79(18)19)53(83)48(61(73)87)58(86)72(41,95)57(47)85/h24-25,32-37,40-41,43-45,49-50,54-56,59-60,63,81,83-85,92-95H,21-23,26-31H2,1-20H3,(H2,73,87)(H,75,90)(H,77,91)(H2,74,76,89)/t32-,33?,34+,35+,36-,37?,40+,41+,43?,44-,45?,49+,50+,54+,55?,56-,59-,60?,63?,68-,69?,70-,71-,72+/m1/s1. The minimum atomic E-state index is -2.97. The monoisotopic (exact) mass is 1480 g/mol. The number of hydrogen-bond donors (Lipinski definition) is 13. The van der Waals surface area contributed by atoms with Gasteiger partial charge in [-0.25, -0.2) is 14.4 Å². The summed E-state index contributed by atoms with van der Waals surface area (Å²) in [5.74, 6) is -15.0. The molecule has 0 spiro atoms. The maximum atomic E-state index is 14.9. The number of anilines is 1. The Balaban J connectivity index is 1.05. The third kappa shape index (κ3) is 17.3. The number of phenolic OH excluding ortho intramolecular Hbond substituents is 1. The summed E-state index contributed by atoms with van der Waals surface area (Å²) in [6, 6.07) is -1.05. The Morgan fingerprint density at radius 2 is 1.41 bits per heavy atom. The Morgan fingerprint density at radius 3 is 1.98 bits per heavy atom. The zero-order valence-electron chi connectivity index (χ0n) is 63.5. The van der Waals surface area contributed by atoms with Crippen molar-refractivity contribution in [2.75, 3.05) is 53.7 Å². The van der Waals surface area contributed by atoms with Gasteiger partial charge < -0.3 is 115 Å². The van der Waals surface area contributed by atoms with E-state index in [2.05, 4.69) is 21.3 Å². The predicted octanol–water partition coefficient (Wildman–Crippen LogP) is 4.12. The molecule has 3 fully saturated rings. The molecule has 0 bridgehead atoms. The lowest BCUT2D eigenvalue weighted by atomic mass is 9.55. The van der Waals surface area contributed by atoms with Gasteiger partial charge in [-0.1, -0.05) is 33.8 Å². The molecule has 586 valence electrons. The number of aliphatic hydroxyl groups excluding tert-OH is 3. The van der Waals surface area contributed by atoms with Gasteiger partial charge in [0.2, 0.25) is 5.78 Å². The van der Waals surface area contributed by atoms with Crippen LogP contribution in [0.1, 0.15) is 165 Å². The number of rotatable bonds is 18. The fourth-order valence-corrected chi connectivity index (χ4v) is 16.5. The number of phenols is 1. The zero-order valence-corrected chi connectivity index (χ0v) is 63.5. The van der Waals surface area contributed by atoms with E-state index in [1.807, 2.05) is 25.9 Å². The van der Waals surface area contributed by atoms with Gasteiger partial charge in [0.05, 0.1) is 71.0 Å². The molecule has 3 saturated heterocycles. The van der Waals surface area contributed by atoms with Crippen LogP contribution in [0.4, 0.5) is 20.1 Å². The van der Waals surface area contributed by atoms with Crippen molar-refractivity contribution >= 4 is 53.3 Å². The van der Waals surface area contributed by atoms with Crippen LogP contribution in [0.25, 0.3) is 0 Å². The molecule has 14 N–H and O–H groups in total. The molecular formula is C72H113N7O25. The number of nitrogens with two attached hydrogens (primary N) is 1. The van der Waals surface area contributed by atoms with E-state index in [1.165, 1.54) is 72.9 Å². The SMILES string of the molecule is CC[C@H]1OC(=O)[C@H](C)[C@@H](OC2CC(C)(OC)C(OC(=O)NCCCCNC(=O)Nc3ccc4c(c3O)C(=O)C3=C(O)[C@]5(O)C(=O)C(C(N)=O)=C(O)[C@@H](N(C)C)[C@@H]5C[C@@H]3[C@]4(C)O)C(C)O2)[C@H](C)[C@@H](OC2OC(C)CC(N(C)C)C2OC(C)=O)[C@](C)(O)C[C@@H](C)[C@H](NC(=O)OC(C)(C)C)[C@H](C)[C@@H](O)[C@]1(C)O. The molecule has 8 unspecified atom stereocenters. The first-order valence-corrected chi connectivity index (χ1v) is 35.6. The number of urea groups is 1. The summed E-state index contributed by atoms with van der Waals surface area (Å²) in [5.41, 5.74) is -8.56. The number of carbonyl (C=O) groups excluding carboxylic acids is 8. The molecule has 6 aliphatic rings. The number of fused-ring (bicyclic) bond motifs is 3. The van der Waals surface area contributed by atoms with Gasteiger partial charge in [0, 0.05) is 68.8 Å². The number of benzene rings is 1. The smallest absolute Gasteiger partial charge is 0.407 e. The third-order valence-electron chi connectivity index (χ3n) is 21.8. The number of ketones is 2. The second kappa shape index (κ2) is 32.3. The van der Waals surface area contributed by atoms with E-state index in [4.69, 9.17) is 48.4 Å². The van der Waals surface area contributed by atoms with E-state index in [0.29, 0.717) is 12.8 Å². The molecule has 7 rings (SSSR count). The predicted molar refractivity (Wildman–Crippen MR) is 372 cm³/mol. The van der Waals surface area contributed by atoms with Gasteiger partial charge in [-0.05, 0) is 154 Å². The van der Waals surface area contributed by atoms with Crippen LogP contribution in [0.2, 0.25) is 0 Å².